The second-order valence-corrected chi connectivity index (χ2v) is 10.7. The summed E-state index contributed by atoms with van der Waals surface area (Å²) in [4.78, 5) is 33.7. The fourth-order valence-electron chi connectivity index (χ4n) is 6.18. The molecule has 36 heavy (non-hydrogen) atoms. The van der Waals surface area contributed by atoms with Gasteiger partial charge in [0.05, 0.1) is 6.04 Å². The van der Waals surface area contributed by atoms with Crippen molar-refractivity contribution < 1.29 is 9.59 Å². The molecule has 0 spiro atoms. The molecule has 9 heteroatoms. The first-order valence-electron chi connectivity index (χ1n) is 13.5. The predicted octanol–water partition coefficient (Wildman–Crippen LogP) is 4.54. The van der Waals surface area contributed by atoms with Gasteiger partial charge in [0.15, 0.2) is 0 Å². The van der Waals surface area contributed by atoms with E-state index in [2.05, 4.69) is 22.5 Å². The van der Waals surface area contributed by atoms with Gasteiger partial charge in [0.1, 0.15) is 11.4 Å². The van der Waals surface area contributed by atoms with Crippen molar-refractivity contribution in [2.75, 3.05) is 18.8 Å². The summed E-state index contributed by atoms with van der Waals surface area (Å²) in [6.45, 7) is 6.04. The quantitative estimate of drug-likeness (QED) is 0.377. The third kappa shape index (κ3) is 6.84. The Kier molecular flexibility index (Phi) is 11.8. The number of nitrogens with zero attached hydrogens (tertiary/aromatic N) is 2. The number of amides is 2. The molecule has 0 radical (unpaired) electrons. The number of anilines is 1. The number of hydrogen-bond donors (Lipinski definition) is 3. The summed E-state index contributed by atoms with van der Waals surface area (Å²) in [5.74, 6) is 1.51. The highest BCUT2D eigenvalue weighted by atomic mass is 35.5. The topological polar surface area (TPSA) is 100 Å². The molecule has 7 nitrogen and oxygen atoms in total. The average Bonchev–Trinajstić information content (AvgIpc) is 3.59. The largest absolute Gasteiger partial charge is 0.384 e. The van der Waals surface area contributed by atoms with E-state index in [4.69, 9.17) is 5.73 Å². The van der Waals surface area contributed by atoms with Gasteiger partial charge in [0, 0.05) is 18.8 Å². The second kappa shape index (κ2) is 13.8. The first-order valence-corrected chi connectivity index (χ1v) is 13.5. The summed E-state index contributed by atoms with van der Waals surface area (Å²) in [5, 5.41) is 6.72. The third-order valence-corrected chi connectivity index (χ3v) is 8.32. The summed E-state index contributed by atoms with van der Waals surface area (Å²) in [6, 6.07) is 3.50. The lowest BCUT2D eigenvalue weighted by molar-refractivity contribution is -0.146. The van der Waals surface area contributed by atoms with Gasteiger partial charge in [-0.1, -0.05) is 51.5 Å². The highest BCUT2D eigenvalue weighted by Crippen LogP contribution is 2.54. The van der Waals surface area contributed by atoms with Crippen LogP contribution in [-0.2, 0) is 16.1 Å². The molecule has 2 amide bonds. The van der Waals surface area contributed by atoms with Crippen LogP contribution in [0.5, 0.6) is 0 Å². The summed E-state index contributed by atoms with van der Waals surface area (Å²) in [5.41, 5.74) is 6.89. The van der Waals surface area contributed by atoms with Gasteiger partial charge in [-0.2, -0.15) is 0 Å². The molecular formula is C27H45Cl2N5O2. The van der Waals surface area contributed by atoms with Crippen LogP contribution >= 0.6 is 24.8 Å². The second-order valence-electron chi connectivity index (χ2n) is 10.7. The van der Waals surface area contributed by atoms with Crippen molar-refractivity contribution >= 4 is 42.4 Å². The van der Waals surface area contributed by atoms with Gasteiger partial charge in [-0.3, -0.25) is 9.59 Å². The van der Waals surface area contributed by atoms with Gasteiger partial charge in [0.25, 0.3) is 0 Å². The number of nitrogen functional groups attached to an aromatic ring is 1. The molecule has 1 saturated heterocycles. The molecule has 2 aliphatic carbocycles. The maximum Gasteiger partial charge on any atom is 0.246 e. The van der Waals surface area contributed by atoms with Crippen LogP contribution in [0, 0.1) is 18.8 Å². The van der Waals surface area contributed by atoms with E-state index in [9.17, 15) is 9.59 Å². The standard InChI is InChI=1S/C27H43N5O2.2ClH/c1-3-4-14-29-23(16-20-9-6-5-7-10-20)25(33)32-15-8-11-22-17-27(22,32)26(34)30-18-21-12-13-24(28)31-19(21)2;;/h12-13,20,22-23,29H,3-11,14-18H2,1-2H3,(H2,28,31)(H,30,34);2*1H/t22-,23-,27+;;/m1../s1. The summed E-state index contributed by atoms with van der Waals surface area (Å²) in [7, 11) is 0. The fraction of sp³-hybridized carbons (Fsp3) is 0.741. The van der Waals surface area contributed by atoms with Gasteiger partial charge in [-0.15, -0.1) is 24.8 Å². The number of halogens is 2. The number of unbranched alkanes of at least 4 members (excludes halogenated alkanes) is 1. The van der Waals surface area contributed by atoms with E-state index in [1.165, 1.54) is 32.1 Å². The van der Waals surface area contributed by atoms with E-state index in [-0.39, 0.29) is 48.6 Å². The minimum Gasteiger partial charge on any atom is -0.384 e. The summed E-state index contributed by atoms with van der Waals surface area (Å²) >= 11 is 0. The number of pyridine rings is 1. The molecular weight excluding hydrogens is 497 g/mol. The fourth-order valence-corrected chi connectivity index (χ4v) is 6.18. The van der Waals surface area contributed by atoms with E-state index in [1.54, 1.807) is 6.07 Å². The molecule has 2 saturated carbocycles. The lowest BCUT2D eigenvalue weighted by Gasteiger charge is -2.39. The van der Waals surface area contributed by atoms with Crippen LogP contribution < -0.4 is 16.4 Å². The predicted molar refractivity (Wildman–Crippen MR) is 149 cm³/mol. The average molecular weight is 543 g/mol. The van der Waals surface area contributed by atoms with E-state index in [1.807, 2.05) is 17.9 Å². The van der Waals surface area contributed by atoms with Crippen LogP contribution in [0.3, 0.4) is 0 Å². The smallest absolute Gasteiger partial charge is 0.246 e. The van der Waals surface area contributed by atoms with Gasteiger partial charge in [-0.25, -0.2) is 4.98 Å². The Labute approximate surface area is 228 Å². The Balaban J connectivity index is 0.00000228. The zero-order valence-corrected chi connectivity index (χ0v) is 23.5. The number of rotatable bonds is 10. The zero-order valence-electron chi connectivity index (χ0n) is 21.9. The van der Waals surface area contributed by atoms with Crippen LogP contribution in [0.2, 0.25) is 0 Å². The number of piperidine rings is 1. The summed E-state index contributed by atoms with van der Waals surface area (Å²) < 4.78 is 0. The molecule has 0 aromatic carbocycles. The Bertz CT molecular complexity index is 880. The van der Waals surface area contributed by atoms with Crippen LogP contribution in [0.1, 0.15) is 88.8 Å². The van der Waals surface area contributed by atoms with Crippen molar-refractivity contribution in [3.05, 3.63) is 23.4 Å². The highest BCUT2D eigenvalue weighted by molar-refractivity contribution is 5.96. The zero-order chi connectivity index (χ0) is 24.1. The van der Waals surface area contributed by atoms with Gasteiger partial charge in [-0.05, 0) is 69.0 Å². The Morgan fingerprint density at radius 2 is 1.92 bits per heavy atom. The molecule has 1 aliphatic heterocycles. The van der Waals surface area contributed by atoms with Crippen molar-refractivity contribution in [3.63, 3.8) is 0 Å². The van der Waals surface area contributed by atoms with Gasteiger partial charge < -0.3 is 21.3 Å². The maximum absolute atomic E-state index is 13.9. The van der Waals surface area contributed by atoms with Crippen molar-refractivity contribution in [2.24, 2.45) is 11.8 Å². The normalized spacial score (nSPS) is 24.1. The lowest BCUT2D eigenvalue weighted by atomic mass is 9.84. The van der Waals surface area contributed by atoms with Crippen LogP contribution in [-0.4, -0.2) is 46.4 Å². The molecule has 2 heterocycles. The van der Waals surface area contributed by atoms with E-state index in [0.29, 0.717) is 24.8 Å². The number of carbonyl (C=O) groups is 2. The number of hydrogen-bond acceptors (Lipinski definition) is 5. The number of carbonyl (C=O) groups excluding carboxylic acids is 2. The third-order valence-electron chi connectivity index (χ3n) is 8.32. The van der Waals surface area contributed by atoms with Crippen molar-refractivity contribution in [3.8, 4) is 0 Å². The molecule has 4 N–H and O–H groups in total. The van der Waals surface area contributed by atoms with Crippen LogP contribution in [0.4, 0.5) is 5.82 Å². The molecule has 0 unspecified atom stereocenters. The lowest BCUT2D eigenvalue weighted by Crippen LogP contribution is -2.59. The highest BCUT2D eigenvalue weighted by Gasteiger charge is 2.66. The number of aryl methyl sites for hydroxylation is 1. The van der Waals surface area contributed by atoms with E-state index < -0.39 is 5.54 Å². The van der Waals surface area contributed by atoms with Crippen molar-refractivity contribution in [2.45, 2.75) is 103 Å². The SMILES string of the molecule is CCCCN[C@H](CC1CCCCC1)C(=O)N1CCC[C@@H]2C[C@@]21C(=O)NCc1ccc(N)nc1C.Cl.Cl. The Hall–Kier alpha value is -1.57. The number of fused-ring (bicyclic) bond motifs is 1. The first-order chi connectivity index (χ1) is 16.5. The minimum absolute atomic E-state index is 0. The van der Waals surface area contributed by atoms with Crippen molar-refractivity contribution in [1.29, 1.82) is 0 Å². The van der Waals surface area contributed by atoms with E-state index in [0.717, 1.165) is 56.3 Å². The number of aromatic nitrogens is 1. The molecule has 204 valence electrons. The maximum atomic E-state index is 13.9. The van der Waals surface area contributed by atoms with E-state index >= 15 is 0 Å². The molecule has 3 aliphatic rings. The van der Waals surface area contributed by atoms with Crippen LogP contribution in [0.25, 0.3) is 0 Å². The number of likely N-dealkylation sites (tertiary alicyclic amines) is 1. The summed E-state index contributed by atoms with van der Waals surface area (Å²) in [6.07, 6.45) is 12.2. The van der Waals surface area contributed by atoms with Gasteiger partial charge in [0.2, 0.25) is 11.8 Å². The Morgan fingerprint density at radius 1 is 1.17 bits per heavy atom. The molecule has 1 aromatic rings. The monoisotopic (exact) mass is 541 g/mol. The van der Waals surface area contributed by atoms with Crippen molar-refractivity contribution in [1.82, 2.24) is 20.5 Å². The number of nitrogens with one attached hydrogen (secondary N) is 2. The molecule has 4 rings (SSSR count). The minimum atomic E-state index is -0.665. The Morgan fingerprint density at radius 3 is 2.61 bits per heavy atom. The first kappa shape index (κ1) is 30.7. The molecule has 3 fully saturated rings. The van der Waals surface area contributed by atoms with Gasteiger partial charge >= 0.3 is 0 Å². The molecule has 1 aromatic heterocycles. The van der Waals surface area contributed by atoms with Crippen LogP contribution in [0.15, 0.2) is 12.1 Å². The number of nitrogens with two attached hydrogens (primary N) is 1. The molecule has 0 bridgehead atoms. The molecule has 3 atom stereocenters.